The average Bonchev–Trinajstić information content (AvgIpc) is 2.50. The molecule has 0 heterocycles. The standard InChI is InChI=1S/C13H7ClF5NO3S/c1-23-7-3-2-5(4-6(7)14)20-24(21,22)13-11(18)9(16)8(15)10(17)12(13)19/h2-4,20H,1H3. The van der Waals surface area contributed by atoms with E-state index in [1.807, 2.05) is 0 Å². The van der Waals surface area contributed by atoms with Crippen LogP contribution in [0.25, 0.3) is 0 Å². The predicted molar refractivity (Wildman–Crippen MR) is 75.0 cm³/mol. The highest BCUT2D eigenvalue weighted by Gasteiger charge is 2.33. The Labute approximate surface area is 137 Å². The summed E-state index contributed by atoms with van der Waals surface area (Å²) in [6.45, 7) is 0. The molecule has 0 saturated carbocycles. The van der Waals surface area contributed by atoms with Crippen molar-refractivity contribution in [3.05, 3.63) is 52.3 Å². The van der Waals surface area contributed by atoms with Crippen molar-refractivity contribution in [3.63, 3.8) is 0 Å². The summed E-state index contributed by atoms with van der Waals surface area (Å²) < 4.78 is 97.0. The summed E-state index contributed by atoms with van der Waals surface area (Å²) in [5.41, 5.74) is -0.273. The highest BCUT2D eigenvalue weighted by molar-refractivity contribution is 7.92. The van der Waals surface area contributed by atoms with Crippen molar-refractivity contribution < 1.29 is 35.1 Å². The van der Waals surface area contributed by atoms with Gasteiger partial charge in [0.15, 0.2) is 28.2 Å². The number of halogens is 6. The molecule has 4 nitrogen and oxygen atoms in total. The number of ether oxygens (including phenoxy) is 1. The Kier molecular flexibility index (Phi) is 4.90. The van der Waals surface area contributed by atoms with Gasteiger partial charge in [-0.2, -0.15) is 0 Å². The molecule has 0 radical (unpaired) electrons. The van der Waals surface area contributed by atoms with Crippen molar-refractivity contribution in [2.45, 2.75) is 4.90 Å². The van der Waals surface area contributed by atoms with Crippen LogP contribution >= 0.6 is 11.6 Å². The normalized spacial score (nSPS) is 11.5. The van der Waals surface area contributed by atoms with E-state index < -0.39 is 44.0 Å². The van der Waals surface area contributed by atoms with Gasteiger partial charge < -0.3 is 4.74 Å². The molecular formula is C13H7ClF5NO3S. The highest BCUT2D eigenvalue weighted by atomic mass is 35.5. The molecule has 2 aromatic rings. The Balaban J connectivity index is 2.55. The second-order valence-electron chi connectivity index (χ2n) is 4.35. The summed E-state index contributed by atoms with van der Waals surface area (Å²) in [4.78, 5) is -1.99. The molecule has 1 N–H and O–H groups in total. The van der Waals surface area contributed by atoms with Crippen LogP contribution in [0.3, 0.4) is 0 Å². The van der Waals surface area contributed by atoms with E-state index in [2.05, 4.69) is 0 Å². The van der Waals surface area contributed by atoms with Crippen molar-refractivity contribution in [3.8, 4) is 5.75 Å². The molecule has 0 atom stereocenters. The average molecular weight is 388 g/mol. The largest absolute Gasteiger partial charge is 0.495 e. The Morgan fingerprint density at radius 2 is 1.46 bits per heavy atom. The summed E-state index contributed by atoms with van der Waals surface area (Å²) in [5.74, 6) is -12.0. The van der Waals surface area contributed by atoms with Gasteiger partial charge in [-0.15, -0.1) is 0 Å². The lowest BCUT2D eigenvalue weighted by Crippen LogP contribution is -2.19. The third-order valence-electron chi connectivity index (χ3n) is 2.84. The topological polar surface area (TPSA) is 55.4 Å². The second kappa shape index (κ2) is 6.44. The Bertz CT molecular complexity index is 891. The maximum atomic E-state index is 13.6. The van der Waals surface area contributed by atoms with Crippen LogP contribution in [-0.2, 0) is 10.0 Å². The molecule has 0 spiro atoms. The Morgan fingerprint density at radius 1 is 0.958 bits per heavy atom. The van der Waals surface area contributed by atoms with Gasteiger partial charge in [-0.3, -0.25) is 4.72 Å². The van der Waals surface area contributed by atoms with Crippen LogP contribution in [0.4, 0.5) is 27.6 Å². The van der Waals surface area contributed by atoms with Gasteiger partial charge in [0.05, 0.1) is 17.8 Å². The minimum absolute atomic E-state index is 0.0462. The van der Waals surface area contributed by atoms with Crippen LogP contribution in [0.1, 0.15) is 0 Å². The Morgan fingerprint density at radius 3 is 1.92 bits per heavy atom. The summed E-state index contributed by atoms with van der Waals surface area (Å²) in [5, 5.41) is -0.0462. The van der Waals surface area contributed by atoms with E-state index in [9.17, 15) is 30.4 Å². The smallest absolute Gasteiger partial charge is 0.267 e. The summed E-state index contributed by atoms with van der Waals surface area (Å²) in [7, 11) is -3.83. The van der Waals surface area contributed by atoms with Crippen molar-refractivity contribution >= 4 is 27.3 Å². The minimum atomic E-state index is -5.12. The van der Waals surface area contributed by atoms with Gasteiger partial charge in [-0.05, 0) is 18.2 Å². The maximum Gasteiger partial charge on any atom is 0.267 e. The number of methoxy groups -OCH3 is 1. The fraction of sp³-hybridized carbons (Fsp3) is 0.0769. The first-order valence-electron chi connectivity index (χ1n) is 5.98. The molecule has 2 rings (SSSR count). The number of sulfonamides is 1. The number of hydrogen-bond acceptors (Lipinski definition) is 3. The number of hydrogen-bond donors (Lipinski definition) is 1. The van der Waals surface area contributed by atoms with Crippen LogP contribution in [-0.4, -0.2) is 15.5 Å². The fourth-order valence-corrected chi connectivity index (χ4v) is 3.20. The zero-order valence-corrected chi connectivity index (χ0v) is 13.2. The molecular weight excluding hydrogens is 381 g/mol. The molecule has 0 unspecified atom stereocenters. The molecule has 0 aliphatic carbocycles. The molecule has 24 heavy (non-hydrogen) atoms. The van der Waals surface area contributed by atoms with Gasteiger partial charge in [0.2, 0.25) is 5.82 Å². The SMILES string of the molecule is COc1ccc(NS(=O)(=O)c2c(F)c(F)c(F)c(F)c2F)cc1Cl. The molecule has 0 saturated heterocycles. The zero-order chi connectivity index (χ0) is 18.2. The summed E-state index contributed by atoms with van der Waals surface area (Å²) in [6, 6.07) is 3.39. The molecule has 0 bridgehead atoms. The lowest BCUT2D eigenvalue weighted by molar-refractivity contribution is 0.358. The summed E-state index contributed by atoms with van der Waals surface area (Å²) in [6.07, 6.45) is 0. The number of nitrogens with one attached hydrogen (secondary N) is 1. The first kappa shape index (κ1) is 18.3. The predicted octanol–water partition coefficient (Wildman–Crippen LogP) is 3.84. The third-order valence-corrected chi connectivity index (χ3v) is 4.54. The van der Waals surface area contributed by atoms with Gasteiger partial charge >= 0.3 is 0 Å². The lowest BCUT2D eigenvalue weighted by Gasteiger charge is -2.12. The van der Waals surface area contributed by atoms with E-state index in [-0.39, 0.29) is 16.5 Å². The number of benzene rings is 2. The van der Waals surface area contributed by atoms with Crippen LogP contribution < -0.4 is 9.46 Å². The van der Waals surface area contributed by atoms with E-state index in [1.54, 1.807) is 4.72 Å². The maximum absolute atomic E-state index is 13.6. The molecule has 2 aromatic carbocycles. The number of rotatable bonds is 4. The van der Waals surface area contributed by atoms with Crippen molar-refractivity contribution in [1.82, 2.24) is 0 Å². The fourth-order valence-electron chi connectivity index (χ4n) is 1.76. The van der Waals surface area contributed by atoms with E-state index in [0.717, 1.165) is 12.1 Å². The molecule has 0 aromatic heterocycles. The van der Waals surface area contributed by atoms with E-state index in [0.29, 0.717) is 0 Å². The van der Waals surface area contributed by atoms with Gasteiger partial charge in [0, 0.05) is 0 Å². The molecule has 0 aliphatic heterocycles. The molecule has 0 amide bonds. The van der Waals surface area contributed by atoms with Gasteiger partial charge in [0.25, 0.3) is 10.0 Å². The van der Waals surface area contributed by atoms with Crippen molar-refractivity contribution in [1.29, 1.82) is 0 Å². The van der Waals surface area contributed by atoms with Crippen LogP contribution in [0.15, 0.2) is 23.1 Å². The van der Waals surface area contributed by atoms with E-state index in [4.69, 9.17) is 16.3 Å². The van der Waals surface area contributed by atoms with Crippen molar-refractivity contribution in [2.75, 3.05) is 11.8 Å². The quantitative estimate of drug-likeness (QED) is 0.492. The van der Waals surface area contributed by atoms with Crippen LogP contribution in [0.5, 0.6) is 5.75 Å². The van der Waals surface area contributed by atoms with Crippen molar-refractivity contribution in [2.24, 2.45) is 0 Å². The second-order valence-corrected chi connectivity index (χ2v) is 6.38. The first-order chi connectivity index (χ1) is 11.1. The van der Waals surface area contributed by atoms with Gasteiger partial charge in [-0.1, -0.05) is 11.6 Å². The van der Waals surface area contributed by atoms with Crippen LogP contribution in [0.2, 0.25) is 5.02 Å². The van der Waals surface area contributed by atoms with Gasteiger partial charge in [0.1, 0.15) is 5.75 Å². The minimum Gasteiger partial charge on any atom is -0.495 e. The first-order valence-corrected chi connectivity index (χ1v) is 7.84. The zero-order valence-electron chi connectivity index (χ0n) is 11.6. The molecule has 130 valence electrons. The monoisotopic (exact) mass is 387 g/mol. The van der Waals surface area contributed by atoms with E-state index >= 15 is 0 Å². The van der Waals surface area contributed by atoms with E-state index in [1.165, 1.54) is 13.2 Å². The summed E-state index contributed by atoms with van der Waals surface area (Å²) >= 11 is 5.76. The highest BCUT2D eigenvalue weighted by Crippen LogP contribution is 2.31. The lowest BCUT2D eigenvalue weighted by atomic mass is 10.3. The van der Waals surface area contributed by atoms with Crippen LogP contribution in [0, 0.1) is 29.1 Å². The molecule has 0 fully saturated rings. The molecule has 11 heteroatoms. The molecule has 0 aliphatic rings. The third kappa shape index (κ3) is 3.11. The van der Waals surface area contributed by atoms with Gasteiger partial charge in [-0.25, -0.2) is 30.4 Å². The Hall–Kier alpha value is -2.07. The number of anilines is 1.